The number of hydrogen-bond acceptors (Lipinski definition) is 3. The zero-order chi connectivity index (χ0) is 33.0. The highest BCUT2D eigenvalue weighted by molar-refractivity contribution is 6.02. The molecule has 1 aliphatic rings. The van der Waals surface area contributed by atoms with Crippen LogP contribution >= 0.6 is 0 Å². The van der Waals surface area contributed by atoms with E-state index in [0.29, 0.717) is 17.5 Å². The predicted octanol–water partition coefficient (Wildman–Crippen LogP) is 11.7. The molecule has 0 atom stereocenters. The molecule has 0 saturated carbocycles. The van der Waals surface area contributed by atoms with Gasteiger partial charge in [0.1, 0.15) is 0 Å². The summed E-state index contributed by atoms with van der Waals surface area (Å²) in [5.41, 5.74) is 12.9. The minimum atomic E-state index is -0.0849. The lowest BCUT2D eigenvalue weighted by Crippen LogP contribution is -2.15. The highest BCUT2D eigenvalue weighted by Gasteiger charge is 2.36. The van der Waals surface area contributed by atoms with E-state index in [1.54, 1.807) is 0 Å². The maximum Gasteiger partial charge on any atom is 0.164 e. The van der Waals surface area contributed by atoms with Crippen molar-refractivity contribution in [3.05, 3.63) is 175 Å². The van der Waals surface area contributed by atoms with Gasteiger partial charge in [0.2, 0.25) is 0 Å². The van der Waals surface area contributed by atoms with Gasteiger partial charge in [-0.2, -0.15) is 0 Å². The largest absolute Gasteiger partial charge is 0.208 e. The highest BCUT2D eigenvalue weighted by atomic mass is 15.0. The molecule has 0 bridgehead atoms. The van der Waals surface area contributed by atoms with Gasteiger partial charge in [0.05, 0.1) is 0 Å². The van der Waals surface area contributed by atoms with Gasteiger partial charge in [0.15, 0.2) is 17.5 Å². The van der Waals surface area contributed by atoms with Crippen LogP contribution in [0.1, 0.15) is 25.0 Å². The van der Waals surface area contributed by atoms with Crippen LogP contribution in [0.15, 0.2) is 164 Å². The second kappa shape index (κ2) is 11.5. The lowest BCUT2D eigenvalue weighted by Gasteiger charge is -2.22. The molecule has 3 heteroatoms. The van der Waals surface area contributed by atoms with Crippen molar-refractivity contribution in [2.45, 2.75) is 19.3 Å². The first-order valence-corrected chi connectivity index (χ1v) is 16.8. The summed E-state index contributed by atoms with van der Waals surface area (Å²) >= 11 is 0. The van der Waals surface area contributed by atoms with Gasteiger partial charge in [0.25, 0.3) is 0 Å². The van der Waals surface area contributed by atoms with E-state index in [2.05, 4.69) is 117 Å². The van der Waals surface area contributed by atoms with E-state index in [1.165, 1.54) is 44.2 Å². The van der Waals surface area contributed by atoms with Gasteiger partial charge in [-0.3, -0.25) is 0 Å². The zero-order valence-corrected chi connectivity index (χ0v) is 27.4. The number of hydrogen-bond donors (Lipinski definition) is 0. The average molecular weight is 628 g/mol. The Kier molecular flexibility index (Phi) is 6.80. The van der Waals surface area contributed by atoms with Crippen LogP contribution in [-0.4, -0.2) is 15.0 Å². The Morgan fingerprint density at radius 2 is 0.857 bits per heavy atom. The number of fused-ring (bicyclic) bond motifs is 5. The number of benzene rings is 7. The summed E-state index contributed by atoms with van der Waals surface area (Å²) in [5, 5.41) is 2.61. The number of rotatable bonds is 5. The van der Waals surface area contributed by atoms with Crippen LogP contribution in [0.4, 0.5) is 0 Å². The second-order valence-corrected chi connectivity index (χ2v) is 13.3. The van der Waals surface area contributed by atoms with Gasteiger partial charge >= 0.3 is 0 Å². The number of nitrogens with zero attached hydrogens (tertiary/aromatic N) is 3. The topological polar surface area (TPSA) is 38.7 Å². The van der Waals surface area contributed by atoms with Crippen molar-refractivity contribution in [2.75, 3.05) is 0 Å². The molecule has 0 saturated heterocycles. The van der Waals surface area contributed by atoms with E-state index in [4.69, 9.17) is 15.0 Å². The Bertz CT molecular complexity index is 2460. The van der Waals surface area contributed by atoms with E-state index in [1.807, 2.05) is 60.7 Å². The first kappa shape index (κ1) is 29.0. The van der Waals surface area contributed by atoms with Gasteiger partial charge in [-0.05, 0) is 73.5 Å². The van der Waals surface area contributed by atoms with Crippen molar-refractivity contribution in [3.8, 4) is 67.5 Å². The quantitative estimate of drug-likeness (QED) is 0.191. The third-order valence-corrected chi connectivity index (χ3v) is 9.91. The zero-order valence-electron chi connectivity index (χ0n) is 27.4. The van der Waals surface area contributed by atoms with Crippen molar-refractivity contribution < 1.29 is 0 Å². The number of aromatic nitrogens is 3. The highest BCUT2D eigenvalue weighted by Crippen LogP contribution is 2.52. The van der Waals surface area contributed by atoms with Gasteiger partial charge < -0.3 is 0 Å². The minimum Gasteiger partial charge on any atom is -0.208 e. The van der Waals surface area contributed by atoms with Crippen LogP contribution < -0.4 is 0 Å². The SMILES string of the molecule is CC1(C)c2cc(-c3cccc(-c4cccc(-c5nc(-c6ccccc6)nc(-c6ccccc6)n5)c4)c3)ccc2-c2c1ccc1ccccc21. The predicted molar refractivity (Wildman–Crippen MR) is 202 cm³/mol. The van der Waals surface area contributed by atoms with Gasteiger partial charge in [-0.25, -0.2) is 15.0 Å². The normalized spacial score (nSPS) is 12.9. The fraction of sp³-hybridized carbons (Fsp3) is 0.0652. The molecule has 0 amide bonds. The standard InChI is InChI=1S/C46H33N3/c1-46(2)40-26-24-30-13-9-10-22-38(30)42(40)39-25-23-36(29-41(39)46)34-19-11-18-33(27-34)35-20-12-21-37(28-35)45-48-43(31-14-5-3-6-15-31)47-44(49-45)32-16-7-4-8-17-32/h3-29H,1-2H3. The van der Waals surface area contributed by atoms with Gasteiger partial charge in [-0.15, -0.1) is 0 Å². The fourth-order valence-corrected chi connectivity index (χ4v) is 7.34. The molecule has 1 aliphatic carbocycles. The summed E-state index contributed by atoms with van der Waals surface area (Å²) < 4.78 is 0. The van der Waals surface area contributed by atoms with E-state index >= 15 is 0 Å². The van der Waals surface area contributed by atoms with Crippen molar-refractivity contribution in [2.24, 2.45) is 0 Å². The summed E-state index contributed by atoms with van der Waals surface area (Å²) in [5.74, 6) is 1.97. The van der Waals surface area contributed by atoms with Crippen LogP contribution in [0.25, 0.3) is 78.3 Å². The molecule has 232 valence electrons. The molecule has 1 heterocycles. The molecule has 3 nitrogen and oxygen atoms in total. The van der Waals surface area contributed by atoms with Crippen LogP contribution in [0.2, 0.25) is 0 Å². The maximum absolute atomic E-state index is 4.96. The van der Waals surface area contributed by atoms with Crippen molar-refractivity contribution >= 4 is 10.8 Å². The van der Waals surface area contributed by atoms with Crippen LogP contribution in [-0.2, 0) is 5.41 Å². The molecular formula is C46H33N3. The van der Waals surface area contributed by atoms with Crippen molar-refractivity contribution in [3.63, 3.8) is 0 Å². The Balaban J connectivity index is 1.10. The van der Waals surface area contributed by atoms with Crippen LogP contribution in [0.3, 0.4) is 0 Å². The minimum absolute atomic E-state index is 0.0849. The Morgan fingerprint density at radius 3 is 1.49 bits per heavy atom. The Labute approximate surface area is 286 Å². The molecule has 8 aromatic rings. The molecule has 7 aromatic carbocycles. The van der Waals surface area contributed by atoms with Gasteiger partial charge in [-0.1, -0.05) is 159 Å². The molecule has 0 unspecified atom stereocenters. The van der Waals surface area contributed by atoms with E-state index in [9.17, 15) is 0 Å². The van der Waals surface area contributed by atoms with Crippen LogP contribution in [0.5, 0.6) is 0 Å². The molecule has 0 spiro atoms. The molecule has 9 rings (SSSR count). The van der Waals surface area contributed by atoms with Crippen molar-refractivity contribution in [1.82, 2.24) is 15.0 Å². The molecule has 1 aromatic heterocycles. The molecule has 0 radical (unpaired) electrons. The molecular weight excluding hydrogens is 595 g/mol. The average Bonchev–Trinajstić information content (AvgIpc) is 3.41. The van der Waals surface area contributed by atoms with Crippen molar-refractivity contribution in [1.29, 1.82) is 0 Å². The van der Waals surface area contributed by atoms with E-state index < -0.39 is 0 Å². The third-order valence-electron chi connectivity index (χ3n) is 9.91. The third kappa shape index (κ3) is 5.03. The Morgan fingerprint density at radius 1 is 0.367 bits per heavy atom. The molecule has 0 N–H and O–H groups in total. The van der Waals surface area contributed by atoms with E-state index in [-0.39, 0.29) is 5.41 Å². The Hall–Kier alpha value is -6.19. The summed E-state index contributed by atoms with van der Waals surface area (Å²) in [7, 11) is 0. The molecule has 49 heavy (non-hydrogen) atoms. The smallest absolute Gasteiger partial charge is 0.164 e. The lowest BCUT2D eigenvalue weighted by atomic mass is 9.81. The summed E-state index contributed by atoms with van der Waals surface area (Å²) in [6, 6.07) is 57.9. The second-order valence-electron chi connectivity index (χ2n) is 13.3. The van der Waals surface area contributed by atoms with Gasteiger partial charge in [0, 0.05) is 22.1 Å². The fourth-order valence-electron chi connectivity index (χ4n) is 7.34. The first-order valence-electron chi connectivity index (χ1n) is 16.8. The molecule has 0 fully saturated rings. The summed E-state index contributed by atoms with van der Waals surface area (Å²) in [6.07, 6.45) is 0. The summed E-state index contributed by atoms with van der Waals surface area (Å²) in [6.45, 7) is 4.71. The molecule has 0 aliphatic heterocycles. The maximum atomic E-state index is 4.96. The monoisotopic (exact) mass is 627 g/mol. The van der Waals surface area contributed by atoms with E-state index in [0.717, 1.165) is 27.8 Å². The lowest BCUT2D eigenvalue weighted by molar-refractivity contribution is 0.661. The summed E-state index contributed by atoms with van der Waals surface area (Å²) in [4.78, 5) is 14.8. The first-order chi connectivity index (χ1) is 24.0. The van der Waals surface area contributed by atoms with Crippen LogP contribution in [0, 0.1) is 0 Å².